The summed E-state index contributed by atoms with van der Waals surface area (Å²) in [5.74, 6) is 0.827. The first-order valence-corrected chi connectivity index (χ1v) is 9.59. The van der Waals surface area contributed by atoms with Gasteiger partial charge in [-0.15, -0.1) is 0 Å². The Balaban J connectivity index is 1.84. The number of fused-ring (bicyclic) bond motifs is 3. The SMILES string of the molecule is CCCCCCCCn1c2ccccc2c2ccc(OCCO)cc21. The highest BCUT2D eigenvalue weighted by atomic mass is 16.5. The Morgan fingerprint density at radius 2 is 1.64 bits per heavy atom. The van der Waals surface area contributed by atoms with E-state index in [9.17, 15) is 0 Å². The number of nitrogens with zero attached hydrogens (tertiary/aromatic N) is 1. The van der Waals surface area contributed by atoms with E-state index in [0.29, 0.717) is 6.61 Å². The van der Waals surface area contributed by atoms with E-state index >= 15 is 0 Å². The number of rotatable bonds is 10. The Labute approximate surface area is 150 Å². The van der Waals surface area contributed by atoms with Gasteiger partial charge in [0.15, 0.2) is 0 Å². The summed E-state index contributed by atoms with van der Waals surface area (Å²) in [5, 5.41) is 11.6. The van der Waals surface area contributed by atoms with Gasteiger partial charge in [-0.3, -0.25) is 0 Å². The van der Waals surface area contributed by atoms with Crippen LogP contribution in [0, 0.1) is 0 Å². The normalized spacial score (nSPS) is 11.4. The van der Waals surface area contributed by atoms with Gasteiger partial charge in [0.2, 0.25) is 0 Å². The third-order valence-electron chi connectivity index (χ3n) is 4.84. The molecule has 0 spiro atoms. The number of hydrogen-bond acceptors (Lipinski definition) is 2. The molecule has 0 atom stereocenters. The summed E-state index contributed by atoms with van der Waals surface area (Å²) in [6, 6.07) is 14.9. The van der Waals surface area contributed by atoms with E-state index < -0.39 is 0 Å². The molecule has 2 aromatic carbocycles. The Bertz CT molecular complexity index is 806. The Kier molecular flexibility index (Phi) is 6.35. The first kappa shape index (κ1) is 17.8. The van der Waals surface area contributed by atoms with Gasteiger partial charge in [0.05, 0.1) is 12.1 Å². The van der Waals surface area contributed by atoms with E-state index in [0.717, 1.165) is 12.3 Å². The lowest BCUT2D eigenvalue weighted by Gasteiger charge is -2.09. The van der Waals surface area contributed by atoms with Gasteiger partial charge >= 0.3 is 0 Å². The van der Waals surface area contributed by atoms with Gasteiger partial charge in [0, 0.05) is 28.9 Å². The molecule has 0 saturated heterocycles. The average Bonchev–Trinajstić information content (AvgIpc) is 2.96. The second-order valence-electron chi connectivity index (χ2n) is 6.69. The zero-order valence-electron chi connectivity index (χ0n) is 15.2. The Morgan fingerprint density at radius 3 is 2.48 bits per heavy atom. The largest absolute Gasteiger partial charge is 0.491 e. The molecule has 3 rings (SSSR count). The summed E-state index contributed by atoms with van der Waals surface area (Å²) in [7, 11) is 0. The van der Waals surface area contributed by atoms with E-state index in [2.05, 4.69) is 47.9 Å². The van der Waals surface area contributed by atoms with Gasteiger partial charge in [-0.1, -0.05) is 57.2 Å². The van der Waals surface area contributed by atoms with Gasteiger partial charge in [0.25, 0.3) is 0 Å². The second kappa shape index (κ2) is 8.91. The minimum absolute atomic E-state index is 0.0405. The molecular weight excluding hydrogens is 310 g/mol. The minimum atomic E-state index is 0.0405. The van der Waals surface area contributed by atoms with Crippen molar-refractivity contribution >= 4 is 21.8 Å². The third kappa shape index (κ3) is 4.16. The summed E-state index contributed by atoms with van der Waals surface area (Å²) in [5.41, 5.74) is 2.52. The van der Waals surface area contributed by atoms with Crippen LogP contribution in [0.15, 0.2) is 42.5 Å². The topological polar surface area (TPSA) is 34.4 Å². The summed E-state index contributed by atoms with van der Waals surface area (Å²) < 4.78 is 8.05. The molecular formula is C22H29NO2. The quantitative estimate of drug-likeness (QED) is 0.493. The Hall–Kier alpha value is -2.00. The highest BCUT2D eigenvalue weighted by Gasteiger charge is 2.11. The number of aliphatic hydroxyl groups excluding tert-OH is 1. The molecule has 0 saturated carbocycles. The fourth-order valence-electron chi connectivity index (χ4n) is 3.57. The monoisotopic (exact) mass is 339 g/mol. The summed E-state index contributed by atoms with van der Waals surface area (Å²) in [4.78, 5) is 0. The molecule has 0 aliphatic rings. The summed E-state index contributed by atoms with van der Waals surface area (Å²) >= 11 is 0. The number of hydrogen-bond donors (Lipinski definition) is 1. The van der Waals surface area contributed by atoms with Crippen molar-refractivity contribution < 1.29 is 9.84 Å². The lowest BCUT2D eigenvalue weighted by molar-refractivity contribution is 0.201. The molecule has 0 aliphatic carbocycles. The van der Waals surface area contributed by atoms with Crippen molar-refractivity contribution in [2.45, 2.75) is 52.0 Å². The molecule has 3 nitrogen and oxygen atoms in total. The highest BCUT2D eigenvalue weighted by molar-refractivity contribution is 6.08. The number of aliphatic hydroxyl groups is 1. The summed E-state index contributed by atoms with van der Waals surface area (Å²) in [6.07, 6.45) is 7.82. The molecule has 0 bridgehead atoms. The van der Waals surface area contributed by atoms with Crippen LogP contribution in [0.3, 0.4) is 0 Å². The highest BCUT2D eigenvalue weighted by Crippen LogP contribution is 2.32. The van der Waals surface area contributed by atoms with Crippen molar-refractivity contribution in [3.8, 4) is 5.75 Å². The van der Waals surface area contributed by atoms with Crippen LogP contribution in [0.2, 0.25) is 0 Å². The van der Waals surface area contributed by atoms with Crippen LogP contribution < -0.4 is 4.74 Å². The molecule has 134 valence electrons. The number of ether oxygens (including phenoxy) is 1. The predicted octanol–water partition coefficient (Wildman–Crippen LogP) is 5.53. The van der Waals surface area contributed by atoms with Crippen LogP contribution in [0.1, 0.15) is 45.4 Å². The van der Waals surface area contributed by atoms with Gasteiger partial charge in [0.1, 0.15) is 12.4 Å². The molecule has 3 heteroatoms. The van der Waals surface area contributed by atoms with Gasteiger partial charge in [-0.25, -0.2) is 0 Å². The second-order valence-corrected chi connectivity index (χ2v) is 6.69. The summed E-state index contributed by atoms with van der Waals surface area (Å²) in [6.45, 7) is 3.68. The molecule has 0 radical (unpaired) electrons. The molecule has 25 heavy (non-hydrogen) atoms. The zero-order chi connectivity index (χ0) is 17.5. The molecule has 0 amide bonds. The molecule has 3 aromatic rings. The van der Waals surface area contributed by atoms with Crippen LogP contribution >= 0.6 is 0 Å². The molecule has 1 aromatic heterocycles. The molecule has 1 heterocycles. The van der Waals surface area contributed by atoms with Crippen LogP contribution in [0.25, 0.3) is 21.8 Å². The number of unbranched alkanes of at least 4 members (excludes halogenated alkanes) is 5. The van der Waals surface area contributed by atoms with E-state index in [1.807, 2.05) is 6.07 Å². The van der Waals surface area contributed by atoms with Gasteiger partial charge in [-0.2, -0.15) is 0 Å². The zero-order valence-corrected chi connectivity index (χ0v) is 15.2. The first-order valence-electron chi connectivity index (χ1n) is 9.59. The van der Waals surface area contributed by atoms with Crippen LogP contribution in [0.5, 0.6) is 5.75 Å². The van der Waals surface area contributed by atoms with Crippen molar-refractivity contribution in [1.29, 1.82) is 0 Å². The minimum Gasteiger partial charge on any atom is -0.491 e. The average molecular weight is 339 g/mol. The van der Waals surface area contributed by atoms with E-state index in [-0.39, 0.29) is 6.61 Å². The number of aromatic nitrogens is 1. The third-order valence-corrected chi connectivity index (χ3v) is 4.84. The molecule has 0 fully saturated rings. The number of benzene rings is 2. The van der Waals surface area contributed by atoms with Crippen molar-refractivity contribution in [3.05, 3.63) is 42.5 Å². The predicted molar refractivity (Wildman–Crippen MR) is 105 cm³/mol. The van der Waals surface area contributed by atoms with Crippen molar-refractivity contribution in [2.75, 3.05) is 13.2 Å². The number of aryl methyl sites for hydroxylation is 1. The van der Waals surface area contributed by atoms with Crippen molar-refractivity contribution in [1.82, 2.24) is 4.57 Å². The smallest absolute Gasteiger partial charge is 0.121 e. The lowest BCUT2D eigenvalue weighted by Crippen LogP contribution is -2.02. The molecule has 0 aliphatic heterocycles. The van der Waals surface area contributed by atoms with E-state index in [4.69, 9.17) is 9.84 Å². The van der Waals surface area contributed by atoms with Gasteiger partial charge in [-0.05, 0) is 24.6 Å². The van der Waals surface area contributed by atoms with Gasteiger partial charge < -0.3 is 14.4 Å². The van der Waals surface area contributed by atoms with Crippen molar-refractivity contribution in [3.63, 3.8) is 0 Å². The molecule has 0 unspecified atom stereocenters. The maximum Gasteiger partial charge on any atom is 0.121 e. The first-order chi connectivity index (χ1) is 12.3. The van der Waals surface area contributed by atoms with Crippen molar-refractivity contribution in [2.24, 2.45) is 0 Å². The van der Waals surface area contributed by atoms with Crippen LogP contribution in [-0.4, -0.2) is 22.9 Å². The maximum atomic E-state index is 8.98. The lowest BCUT2D eigenvalue weighted by atomic mass is 10.1. The fourth-order valence-corrected chi connectivity index (χ4v) is 3.57. The van der Waals surface area contributed by atoms with E-state index in [1.165, 1.54) is 60.3 Å². The number of para-hydroxylation sites is 1. The van der Waals surface area contributed by atoms with Crippen LogP contribution in [-0.2, 0) is 6.54 Å². The van der Waals surface area contributed by atoms with E-state index in [1.54, 1.807) is 0 Å². The fraction of sp³-hybridized carbons (Fsp3) is 0.455. The maximum absolute atomic E-state index is 8.98. The Morgan fingerprint density at radius 1 is 0.880 bits per heavy atom. The standard InChI is InChI=1S/C22H29NO2/c1-2-3-4-5-6-9-14-23-21-11-8-7-10-19(21)20-13-12-18(17-22(20)23)25-16-15-24/h7-8,10-13,17,24H,2-6,9,14-16H2,1H3. The van der Waals surface area contributed by atoms with Crippen LogP contribution in [0.4, 0.5) is 0 Å². The molecule has 1 N–H and O–H groups in total.